The summed E-state index contributed by atoms with van der Waals surface area (Å²) in [6, 6.07) is 8.88. The Balaban J connectivity index is 2.43. The first-order valence-corrected chi connectivity index (χ1v) is 5.43. The number of nitriles is 1. The quantitative estimate of drug-likeness (QED) is 0.788. The summed E-state index contributed by atoms with van der Waals surface area (Å²) in [5.74, 6) is -0.445. The summed E-state index contributed by atoms with van der Waals surface area (Å²) in [5.41, 5.74) is 4.99. The molecule has 1 amide bonds. The summed E-state index contributed by atoms with van der Waals surface area (Å²) in [4.78, 5) is 11.6. The Hall–Kier alpha value is -1.86. The number of carbonyl (C=O) groups is 1. The van der Waals surface area contributed by atoms with E-state index in [4.69, 9.17) is 11.0 Å². The number of carbonyl (C=O) groups excluding carboxylic acids is 1. The summed E-state index contributed by atoms with van der Waals surface area (Å²) in [7, 11) is 0. The summed E-state index contributed by atoms with van der Waals surface area (Å²) in [6.45, 7) is 1.68. The van der Waals surface area contributed by atoms with Gasteiger partial charge in [-0.1, -0.05) is 12.1 Å². The van der Waals surface area contributed by atoms with Gasteiger partial charge in [-0.05, 0) is 37.5 Å². The van der Waals surface area contributed by atoms with E-state index in [9.17, 15) is 9.90 Å². The van der Waals surface area contributed by atoms with Gasteiger partial charge in [-0.15, -0.1) is 0 Å². The Kier molecular flexibility index (Phi) is 2.44. The Labute approximate surface area is 99.7 Å². The van der Waals surface area contributed by atoms with Crippen LogP contribution >= 0.6 is 0 Å². The highest BCUT2D eigenvalue weighted by molar-refractivity contribution is 5.88. The monoisotopic (exact) mass is 230 g/mol. The molecular formula is C13H14N2O2. The fraction of sp³-hybridized carbons (Fsp3) is 0.385. The lowest BCUT2D eigenvalue weighted by molar-refractivity contribution is -0.141. The van der Waals surface area contributed by atoms with Crippen molar-refractivity contribution in [3.05, 3.63) is 35.4 Å². The van der Waals surface area contributed by atoms with Gasteiger partial charge < -0.3 is 10.8 Å². The van der Waals surface area contributed by atoms with Gasteiger partial charge in [-0.25, -0.2) is 0 Å². The average molecular weight is 230 g/mol. The van der Waals surface area contributed by atoms with Crippen LogP contribution in [0.1, 0.15) is 30.9 Å². The molecule has 0 unspecified atom stereocenters. The molecule has 0 spiro atoms. The standard InChI is InChI=1S/C13H14N2O2/c1-12(17)7-13(8-12,11(15)16)10-4-2-3-9(5-10)6-14/h2-5,17H,7-8H2,1H3,(H2,15,16). The Morgan fingerprint density at radius 1 is 1.53 bits per heavy atom. The molecule has 3 N–H and O–H groups in total. The van der Waals surface area contributed by atoms with Gasteiger partial charge in [-0.3, -0.25) is 4.79 Å². The number of nitrogens with two attached hydrogens (primary N) is 1. The molecule has 88 valence electrons. The van der Waals surface area contributed by atoms with Crippen LogP contribution in [0, 0.1) is 11.3 Å². The highest BCUT2D eigenvalue weighted by Crippen LogP contribution is 2.50. The van der Waals surface area contributed by atoms with Gasteiger partial charge in [0.2, 0.25) is 5.91 Å². The van der Waals surface area contributed by atoms with Crippen LogP contribution in [0.2, 0.25) is 0 Å². The van der Waals surface area contributed by atoms with Crippen LogP contribution in [0.5, 0.6) is 0 Å². The van der Waals surface area contributed by atoms with Gasteiger partial charge in [0.15, 0.2) is 0 Å². The maximum absolute atomic E-state index is 11.6. The zero-order valence-electron chi connectivity index (χ0n) is 9.60. The van der Waals surface area contributed by atoms with E-state index in [1.165, 1.54) is 0 Å². The fourth-order valence-corrected chi connectivity index (χ4v) is 2.66. The SMILES string of the molecule is CC1(O)CC(C(N)=O)(c2cccc(C#N)c2)C1. The Bertz CT molecular complexity index is 506. The minimum absolute atomic E-state index is 0.310. The van der Waals surface area contributed by atoms with Crippen LogP contribution in [0.25, 0.3) is 0 Å². The van der Waals surface area contributed by atoms with Crippen molar-refractivity contribution in [2.24, 2.45) is 5.73 Å². The van der Waals surface area contributed by atoms with Crippen molar-refractivity contribution in [1.29, 1.82) is 5.26 Å². The molecule has 1 aliphatic carbocycles. The van der Waals surface area contributed by atoms with Crippen LogP contribution in [0.15, 0.2) is 24.3 Å². The topological polar surface area (TPSA) is 87.1 Å². The van der Waals surface area contributed by atoms with E-state index in [2.05, 4.69) is 0 Å². The van der Waals surface area contributed by atoms with Crippen LogP contribution in [-0.2, 0) is 10.2 Å². The third-order valence-electron chi connectivity index (χ3n) is 3.38. The molecule has 1 saturated carbocycles. The van der Waals surface area contributed by atoms with Gasteiger partial charge in [0.1, 0.15) is 0 Å². The van der Waals surface area contributed by atoms with E-state index in [0.717, 1.165) is 5.56 Å². The molecule has 4 nitrogen and oxygen atoms in total. The summed E-state index contributed by atoms with van der Waals surface area (Å²) in [5, 5.41) is 18.7. The minimum Gasteiger partial charge on any atom is -0.390 e. The highest BCUT2D eigenvalue weighted by atomic mass is 16.3. The van der Waals surface area contributed by atoms with E-state index in [1.54, 1.807) is 31.2 Å². The second-order valence-corrected chi connectivity index (χ2v) is 4.99. The molecule has 1 fully saturated rings. The lowest BCUT2D eigenvalue weighted by atomic mass is 9.56. The zero-order valence-corrected chi connectivity index (χ0v) is 9.60. The first-order chi connectivity index (χ1) is 7.89. The molecule has 4 heteroatoms. The summed E-state index contributed by atoms with van der Waals surface area (Å²) < 4.78 is 0. The first kappa shape index (κ1) is 11.6. The van der Waals surface area contributed by atoms with Gasteiger partial charge in [0.05, 0.1) is 22.6 Å². The molecule has 17 heavy (non-hydrogen) atoms. The van der Waals surface area contributed by atoms with Crippen LogP contribution in [0.4, 0.5) is 0 Å². The summed E-state index contributed by atoms with van der Waals surface area (Å²) >= 11 is 0. The lowest BCUT2D eigenvalue weighted by Crippen LogP contribution is -2.59. The minimum atomic E-state index is -0.850. The van der Waals surface area contributed by atoms with E-state index < -0.39 is 16.9 Å². The third-order valence-corrected chi connectivity index (χ3v) is 3.38. The van der Waals surface area contributed by atoms with Gasteiger partial charge in [0, 0.05) is 0 Å². The van der Waals surface area contributed by atoms with Crippen molar-refractivity contribution >= 4 is 5.91 Å². The largest absolute Gasteiger partial charge is 0.390 e. The number of rotatable bonds is 2. The molecule has 0 saturated heterocycles. The second kappa shape index (κ2) is 3.57. The number of benzene rings is 1. The number of aliphatic hydroxyl groups is 1. The first-order valence-electron chi connectivity index (χ1n) is 5.43. The van der Waals surface area contributed by atoms with Crippen molar-refractivity contribution in [1.82, 2.24) is 0 Å². The molecule has 1 aliphatic rings. The smallest absolute Gasteiger partial charge is 0.228 e. The maximum atomic E-state index is 11.6. The molecule has 2 rings (SSSR count). The average Bonchev–Trinajstić information content (AvgIpc) is 2.25. The van der Waals surface area contributed by atoms with E-state index in [1.807, 2.05) is 6.07 Å². The highest BCUT2D eigenvalue weighted by Gasteiger charge is 2.56. The molecule has 0 aromatic heterocycles. The molecule has 0 atom stereocenters. The Morgan fingerprint density at radius 2 is 2.18 bits per heavy atom. The van der Waals surface area contributed by atoms with Crippen molar-refractivity contribution in [3.8, 4) is 6.07 Å². The fourth-order valence-electron chi connectivity index (χ4n) is 2.66. The molecule has 0 aliphatic heterocycles. The van der Waals surface area contributed by atoms with E-state index in [-0.39, 0.29) is 0 Å². The van der Waals surface area contributed by atoms with E-state index in [0.29, 0.717) is 18.4 Å². The molecule has 0 heterocycles. The van der Waals surface area contributed by atoms with Crippen LogP contribution in [-0.4, -0.2) is 16.6 Å². The van der Waals surface area contributed by atoms with E-state index >= 15 is 0 Å². The van der Waals surface area contributed by atoms with Gasteiger partial charge in [0.25, 0.3) is 0 Å². The predicted octanol–water partition coefficient (Wildman–Crippen LogP) is 0.826. The predicted molar refractivity (Wildman–Crippen MR) is 61.9 cm³/mol. The van der Waals surface area contributed by atoms with Crippen LogP contribution < -0.4 is 5.73 Å². The number of primary amides is 1. The van der Waals surface area contributed by atoms with Gasteiger partial charge in [-0.2, -0.15) is 5.26 Å². The lowest BCUT2D eigenvalue weighted by Gasteiger charge is -2.50. The normalized spacial score (nSPS) is 31.4. The molecule has 1 aromatic rings. The third kappa shape index (κ3) is 1.79. The summed E-state index contributed by atoms with van der Waals surface area (Å²) in [6.07, 6.45) is 0.619. The van der Waals surface area contributed by atoms with Crippen molar-refractivity contribution in [2.45, 2.75) is 30.8 Å². The van der Waals surface area contributed by atoms with Crippen molar-refractivity contribution < 1.29 is 9.90 Å². The molecular weight excluding hydrogens is 216 g/mol. The number of hydrogen-bond donors (Lipinski definition) is 2. The maximum Gasteiger partial charge on any atom is 0.228 e. The molecule has 0 bridgehead atoms. The van der Waals surface area contributed by atoms with Gasteiger partial charge >= 0.3 is 0 Å². The number of amides is 1. The van der Waals surface area contributed by atoms with Crippen molar-refractivity contribution in [2.75, 3.05) is 0 Å². The molecule has 1 aromatic carbocycles. The number of hydrogen-bond acceptors (Lipinski definition) is 3. The molecule has 0 radical (unpaired) electrons. The van der Waals surface area contributed by atoms with Crippen molar-refractivity contribution in [3.63, 3.8) is 0 Å². The number of nitrogens with zero attached hydrogens (tertiary/aromatic N) is 1. The zero-order chi connectivity index (χ0) is 12.7. The van der Waals surface area contributed by atoms with Crippen LogP contribution in [0.3, 0.4) is 0 Å². The second-order valence-electron chi connectivity index (χ2n) is 4.99. The Morgan fingerprint density at radius 3 is 2.65 bits per heavy atom.